The minimum Gasteiger partial charge on any atom is -0.478 e. The Hall–Kier alpha value is -1.21. The molecule has 0 fully saturated rings. The molecule has 0 heterocycles. The maximum Gasteiger partial charge on any atom is 0.475 e. The molecule has 0 saturated carbocycles. The van der Waals surface area contributed by atoms with Crippen molar-refractivity contribution in [1.82, 2.24) is 0 Å². The molecule has 124 valence electrons. The molecule has 0 aromatic heterocycles. The Labute approximate surface area is 124 Å². The van der Waals surface area contributed by atoms with E-state index in [-0.39, 0.29) is 12.2 Å². The van der Waals surface area contributed by atoms with E-state index in [0.717, 1.165) is 0 Å². The van der Waals surface area contributed by atoms with E-state index in [1.165, 1.54) is 0 Å². The zero-order valence-electron chi connectivity index (χ0n) is 12.8. The van der Waals surface area contributed by atoms with Crippen molar-refractivity contribution >= 4 is 19.8 Å². The second kappa shape index (κ2) is 11.4. The fourth-order valence-electron chi connectivity index (χ4n) is 0.903. The predicted molar refractivity (Wildman–Crippen MR) is 76.1 cm³/mol. The molecule has 0 spiro atoms. The number of hydrogen-bond acceptors (Lipinski definition) is 6. The van der Waals surface area contributed by atoms with Crippen LogP contribution in [0.25, 0.3) is 0 Å². The van der Waals surface area contributed by atoms with Crippen molar-refractivity contribution in [1.29, 1.82) is 0 Å². The number of carboxylic acid groups (broad SMARTS) is 2. The number of rotatable bonds is 8. The third-order valence-electron chi connectivity index (χ3n) is 1.34. The number of phosphoric ester groups is 1. The lowest BCUT2D eigenvalue weighted by Gasteiger charge is -2.20. The molecule has 0 aliphatic carbocycles. The van der Waals surface area contributed by atoms with E-state index in [2.05, 4.69) is 0 Å². The van der Waals surface area contributed by atoms with Crippen LogP contribution >= 0.6 is 7.82 Å². The highest BCUT2D eigenvalue weighted by molar-refractivity contribution is 7.48. The number of phosphoric acid groups is 1. The van der Waals surface area contributed by atoms with Gasteiger partial charge < -0.3 is 10.2 Å². The molecule has 8 nitrogen and oxygen atoms in total. The highest BCUT2D eigenvalue weighted by Crippen LogP contribution is 2.51. The highest BCUT2D eigenvalue weighted by atomic mass is 31.2. The van der Waals surface area contributed by atoms with Crippen LogP contribution in [0.15, 0.2) is 12.2 Å². The SMILES string of the molecule is CCOP(=O)(OC(C)C)OC(C)C.O=C(O)/C=C/C(=O)O. The quantitative estimate of drug-likeness (QED) is 0.516. The summed E-state index contributed by atoms with van der Waals surface area (Å²) in [5, 5.41) is 15.6. The van der Waals surface area contributed by atoms with Crippen LogP contribution in [0.4, 0.5) is 0 Å². The first-order chi connectivity index (χ1) is 9.52. The summed E-state index contributed by atoms with van der Waals surface area (Å²) in [6.07, 6.45) is 0.775. The fourth-order valence-corrected chi connectivity index (χ4v) is 2.42. The summed E-state index contributed by atoms with van der Waals surface area (Å²) in [7, 11) is -3.33. The molecule has 0 saturated heterocycles. The van der Waals surface area contributed by atoms with Crippen molar-refractivity contribution in [2.45, 2.75) is 46.8 Å². The number of carboxylic acids is 2. The maximum atomic E-state index is 11.8. The molecule has 21 heavy (non-hydrogen) atoms. The topological polar surface area (TPSA) is 119 Å². The van der Waals surface area contributed by atoms with Crippen LogP contribution in [-0.4, -0.2) is 41.0 Å². The predicted octanol–water partition coefficient (Wildman–Crippen LogP) is 2.69. The van der Waals surface area contributed by atoms with Crippen molar-refractivity contribution in [3.63, 3.8) is 0 Å². The molecule has 0 aromatic carbocycles. The van der Waals surface area contributed by atoms with Crippen LogP contribution < -0.4 is 0 Å². The normalized spacial score (nSPS) is 11.6. The van der Waals surface area contributed by atoms with Crippen LogP contribution in [0.5, 0.6) is 0 Å². The lowest BCUT2D eigenvalue weighted by molar-refractivity contribution is -0.134. The van der Waals surface area contributed by atoms with Gasteiger partial charge in [-0.1, -0.05) is 0 Å². The molecule has 0 aliphatic rings. The van der Waals surface area contributed by atoms with Gasteiger partial charge in [0.25, 0.3) is 0 Å². The van der Waals surface area contributed by atoms with Crippen molar-refractivity contribution < 1.29 is 37.9 Å². The second-order valence-corrected chi connectivity index (χ2v) is 5.76. The highest BCUT2D eigenvalue weighted by Gasteiger charge is 2.28. The summed E-state index contributed by atoms with van der Waals surface area (Å²) in [5.41, 5.74) is 0. The van der Waals surface area contributed by atoms with Gasteiger partial charge in [0.2, 0.25) is 0 Å². The van der Waals surface area contributed by atoms with Crippen LogP contribution in [0.1, 0.15) is 34.6 Å². The van der Waals surface area contributed by atoms with Gasteiger partial charge in [-0.25, -0.2) is 14.2 Å². The van der Waals surface area contributed by atoms with Gasteiger partial charge in [-0.2, -0.15) is 0 Å². The van der Waals surface area contributed by atoms with Gasteiger partial charge in [-0.05, 0) is 34.6 Å². The lowest BCUT2D eigenvalue weighted by atomic mass is 10.5. The number of aliphatic carboxylic acids is 2. The zero-order chi connectivity index (χ0) is 17.1. The molecule has 0 rings (SSSR count). The summed E-state index contributed by atoms with van der Waals surface area (Å²) in [6.45, 7) is 9.21. The molecular formula is C12H23O8P. The van der Waals surface area contributed by atoms with Gasteiger partial charge in [-0.3, -0.25) is 13.6 Å². The third-order valence-corrected chi connectivity index (χ3v) is 3.27. The van der Waals surface area contributed by atoms with Gasteiger partial charge in [0, 0.05) is 12.2 Å². The Morgan fingerprint density at radius 1 is 1.00 bits per heavy atom. The molecule has 0 unspecified atom stereocenters. The smallest absolute Gasteiger partial charge is 0.475 e. The minimum absolute atomic E-state index is 0.170. The first-order valence-corrected chi connectivity index (χ1v) is 7.73. The van der Waals surface area contributed by atoms with Gasteiger partial charge in [0.05, 0.1) is 18.8 Å². The van der Waals surface area contributed by atoms with Crippen molar-refractivity contribution in [3.8, 4) is 0 Å². The van der Waals surface area contributed by atoms with Crippen LogP contribution in [0.2, 0.25) is 0 Å². The number of carbonyl (C=O) groups is 2. The second-order valence-electron chi connectivity index (χ2n) is 4.18. The molecule has 0 amide bonds. The van der Waals surface area contributed by atoms with Crippen molar-refractivity contribution in [2.75, 3.05) is 6.61 Å². The first kappa shape index (κ1) is 22.1. The van der Waals surface area contributed by atoms with E-state index in [1.807, 2.05) is 0 Å². The van der Waals surface area contributed by atoms with Gasteiger partial charge >= 0.3 is 19.8 Å². The van der Waals surface area contributed by atoms with E-state index >= 15 is 0 Å². The average Bonchev–Trinajstić information content (AvgIpc) is 2.24. The fraction of sp³-hybridized carbons (Fsp3) is 0.667. The molecule has 0 aliphatic heterocycles. The van der Waals surface area contributed by atoms with Gasteiger partial charge in [0.15, 0.2) is 0 Å². The summed E-state index contributed by atoms with van der Waals surface area (Å²) in [6, 6.07) is 0. The van der Waals surface area contributed by atoms with Crippen LogP contribution in [0, 0.1) is 0 Å². The Bertz CT molecular complexity index is 359. The van der Waals surface area contributed by atoms with Crippen molar-refractivity contribution in [3.05, 3.63) is 12.2 Å². The van der Waals surface area contributed by atoms with Gasteiger partial charge in [-0.15, -0.1) is 0 Å². The minimum atomic E-state index is -3.33. The molecule has 2 N–H and O–H groups in total. The Morgan fingerprint density at radius 2 is 1.33 bits per heavy atom. The standard InChI is InChI=1S/C8H19O4P.C4H4O4/c1-6-10-13(9,11-7(2)3)12-8(4)5;5-3(6)1-2-4(7)8/h7-8H,6H2,1-5H3;1-2H,(H,5,6)(H,7,8)/b;2-1+. The Kier molecular flexibility index (Phi) is 12.0. The molecule has 0 aromatic rings. The maximum absolute atomic E-state index is 11.8. The summed E-state index contributed by atoms with van der Waals surface area (Å²) in [4.78, 5) is 19.1. The average molecular weight is 326 g/mol. The summed E-state index contributed by atoms with van der Waals surface area (Å²) in [5.74, 6) is -2.51. The largest absolute Gasteiger partial charge is 0.478 e. The van der Waals surface area contributed by atoms with Gasteiger partial charge in [0.1, 0.15) is 0 Å². The zero-order valence-corrected chi connectivity index (χ0v) is 13.7. The molecular weight excluding hydrogens is 303 g/mol. The first-order valence-electron chi connectivity index (χ1n) is 6.27. The van der Waals surface area contributed by atoms with E-state index < -0.39 is 19.8 Å². The Balaban J connectivity index is 0. The van der Waals surface area contributed by atoms with Crippen LogP contribution in [-0.2, 0) is 27.7 Å². The van der Waals surface area contributed by atoms with E-state index in [1.54, 1.807) is 34.6 Å². The Morgan fingerprint density at radius 3 is 1.52 bits per heavy atom. The monoisotopic (exact) mass is 326 g/mol. The summed E-state index contributed by atoms with van der Waals surface area (Å²) >= 11 is 0. The molecule has 0 atom stereocenters. The van der Waals surface area contributed by atoms with E-state index in [4.69, 9.17) is 23.8 Å². The molecule has 9 heteroatoms. The van der Waals surface area contributed by atoms with E-state index in [0.29, 0.717) is 18.8 Å². The molecule has 0 radical (unpaired) electrons. The number of hydrogen-bond donors (Lipinski definition) is 2. The van der Waals surface area contributed by atoms with Crippen molar-refractivity contribution in [2.24, 2.45) is 0 Å². The molecule has 0 bridgehead atoms. The lowest BCUT2D eigenvalue weighted by Crippen LogP contribution is -2.09. The van der Waals surface area contributed by atoms with Crippen LogP contribution in [0.3, 0.4) is 0 Å². The third kappa shape index (κ3) is 16.7. The summed E-state index contributed by atoms with van der Waals surface area (Å²) < 4.78 is 26.9. The van der Waals surface area contributed by atoms with E-state index in [9.17, 15) is 14.2 Å².